The highest BCUT2D eigenvalue weighted by Crippen LogP contribution is 2.44. The Kier molecular flexibility index (Phi) is 8.99. The number of rotatable bonds is 6. The van der Waals surface area contributed by atoms with Crippen LogP contribution in [-0.2, 0) is 5.41 Å². The van der Waals surface area contributed by atoms with Crippen LogP contribution in [-0.4, -0.2) is 52.4 Å². The molecular formula is C29H40Cl2N4S. The number of fused-ring (bicyclic) bond motifs is 3. The molecule has 1 aromatic heterocycles. The van der Waals surface area contributed by atoms with Gasteiger partial charge in [-0.25, -0.2) is 4.98 Å². The van der Waals surface area contributed by atoms with Gasteiger partial charge in [-0.1, -0.05) is 24.3 Å². The number of imidazole rings is 1. The molecule has 4 heterocycles. The van der Waals surface area contributed by atoms with Crippen LogP contribution in [0.25, 0.3) is 11.0 Å². The summed E-state index contributed by atoms with van der Waals surface area (Å²) in [6.07, 6.45) is 11.3. The first-order valence-electron chi connectivity index (χ1n) is 13.2. The molecule has 0 amide bonds. The summed E-state index contributed by atoms with van der Waals surface area (Å²) in [4.78, 5) is 9.15. The molecule has 3 aliphatic rings. The SMILES string of the molecule is CSc1ccc(C2(CCN3[C@@H]4CC[C@H]3CC(n3c(C)nc5ccccc53)C4)CCNCC2)cc1.Cl.Cl. The van der Waals surface area contributed by atoms with E-state index in [1.807, 2.05) is 11.8 Å². The Morgan fingerprint density at radius 1 is 0.944 bits per heavy atom. The fourth-order valence-corrected chi connectivity index (χ4v) is 7.73. The molecule has 3 saturated heterocycles. The van der Waals surface area contributed by atoms with Gasteiger partial charge in [0.2, 0.25) is 0 Å². The summed E-state index contributed by atoms with van der Waals surface area (Å²) in [6, 6.07) is 20.2. The van der Waals surface area contributed by atoms with E-state index < -0.39 is 0 Å². The molecule has 4 nitrogen and oxygen atoms in total. The van der Waals surface area contributed by atoms with Crippen molar-refractivity contribution in [3.8, 4) is 0 Å². The number of nitrogens with zero attached hydrogens (tertiary/aromatic N) is 3. The Labute approximate surface area is 232 Å². The predicted molar refractivity (Wildman–Crippen MR) is 157 cm³/mol. The smallest absolute Gasteiger partial charge is 0.106 e. The third-order valence-corrected chi connectivity index (χ3v) is 9.85. The lowest BCUT2D eigenvalue weighted by Gasteiger charge is -2.44. The van der Waals surface area contributed by atoms with Crippen molar-refractivity contribution in [2.24, 2.45) is 0 Å². The lowest BCUT2D eigenvalue weighted by Crippen LogP contribution is -2.47. The monoisotopic (exact) mass is 546 g/mol. The highest BCUT2D eigenvalue weighted by molar-refractivity contribution is 7.98. The van der Waals surface area contributed by atoms with Crippen LogP contribution in [0.1, 0.15) is 62.4 Å². The number of aromatic nitrogens is 2. The van der Waals surface area contributed by atoms with Crippen LogP contribution in [0.4, 0.5) is 0 Å². The Hall–Kier alpha value is -1.24. The van der Waals surface area contributed by atoms with Crippen molar-refractivity contribution < 1.29 is 0 Å². The fourth-order valence-electron chi connectivity index (χ4n) is 7.32. The van der Waals surface area contributed by atoms with Crippen LogP contribution in [0.2, 0.25) is 0 Å². The molecule has 36 heavy (non-hydrogen) atoms. The normalized spacial score (nSPS) is 25.3. The summed E-state index contributed by atoms with van der Waals surface area (Å²) in [5.41, 5.74) is 4.36. The van der Waals surface area contributed by atoms with Crippen LogP contribution in [0.3, 0.4) is 0 Å². The second-order valence-electron chi connectivity index (χ2n) is 10.8. The Bertz CT molecular complexity index is 1130. The van der Waals surface area contributed by atoms with Crippen LogP contribution in [0.5, 0.6) is 0 Å². The number of nitrogens with one attached hydrogen (secondary N) is 1. The molecular weight excluding hydrogens is 507 g/mol. The van der Waals surface area contributed by atoms with Crippen molar-refractivity contribution in [1.82, 2.24) is 19.8 Å². The molecule has 1 unspecified atom stereocenters. The minimum atomic E-state index is 0. The largest absolute Gasteiger partial charge is 0.325 e. The average Bonchev–Trinajstić information content (AvgIpc) is 3.34. The Balaban J connectivity index is 0.00000152. The summed E-state index contributed by atoms with van der Waals surface area (Å²) >= 11 is 1.84. The van der Waals surface area contributed by atoms with Gasteiger partial charge in [0.05, 0.1) is 11.0 Å². The fraction of sp³-hybridized carbons (Fsp3) is 0.552. The molecule has 0 aliphatic carbocycles. The molecule has 0 radical (unpaired) electrons. The second-order valence-corrected chi connectivity index (χ2v) is 11.7. The van der Waals surface area contributed by atoms with Gasteiger partial charge in [-0.2, -0.15) is 0 Å². The molecule has 3 atom stereocenters. The lowest BCUT2D eigenvalue weighted by atomic mass is 9.70. The first kappa shape index (κ1) is 27.8. The number of hydrogen-bond donors (Lipinski definition) is 1. The van der Waals surface area contributed by atoms with E-state index in [1.54, 1.807) is 5.56 Å². The standard InChI is InChI=1S/C29H38N4S.2ClH/c1-21-31-27-5-3-4-6-28(27)33(21)25-19-23-9-10-24(20-25)32(23)18-15-29(13-16-30-17-14-29)22-7-11-26(34-2)12-8-22;;/h3-8,11-12,23-25,30H,9-10,13-20H2,1-2H3;2*1H/t23-,24+,25?;;. The second kappa shape index (κ2) is 11.7. The van der Waals surface area contributed by atoms with Crippen molar-refractivity contribution in [3.05, 3.63) is 59.9 Å². The maximum absolute atomic E-state index is 4.87. The van der Waals surface area contributed by atoms with Crippen molar-refractivity contribution in [1.29, 1.82) is 0 Å². The molecule has 7 heteroatoms. The maximum atomic E-state index is 4.87. The zero-order valence-electron chi connectivity index (χ0n) is 21.5. The number of piperidine rings is 2. The molecule has 6 rings (SSSR count). The van der Waals surface area contributed by atoms with Gasteiger partial charge in [0.1, 0.15) is 5.82 Å². The van der Waals surface area contributed by atoms with Crippen LogP contribution in [0, 0.1) is 6.92 Å². The van der Waals surface area contributed by atoms with Crippen molar-refractivity contribution in [2.75, 3.05) is 25.9 Å². The maximum Gasteiger partial charge on any atom is 0.106 e. The van der Waals surface area contributed by atoms with Crippen LogP contribution >= 0.6 is 36.6 Å². The molecule has 2 aromatic carbocycles. The zero-order valence-corrected chi connectivity index (χ0v) is 23.9. The van der Waals surface area contributed by atoms with Crippen LogP contribution < -0.4 is 5.32 Å². The number of benzene rings is 2. The molecule has 0 saturated carbocycles. The van der Waals surface area contributed by atoms with Gasteiger partial charge in [-0.3, -0.25) is 4.90 Å². The van der Waals surface area contributed by atoms with Gasteiger partial charge in [0, 0.05) is 23.0 Å². The molecule has 3 fully saturated rings. The summed E-state index contributed by atoms with van der Waals surface area (Å²) in [6.45, 7) is 5.73. The van der Waals surface area contributed by atoms with E-state index in [0.717, 1.165) is 30.7 Å². The van der Waals surface area contributed by atoms with Crippen molar-refractivity contribution in [2.45, 2.75) is 80.3 Å². The number of hydrogen-bond acceptors (Lipinski definition) is 4. The van der Waals surface area contributed by atoms with Gasteiger partial charge in [0.25, 0.3) is 0 Å². The van der Waals surface area contributed by atoms with E-state index in [1.165, 1.54) is 67.7 Å². The third-order valence-electron chi connectivity index (χ3n) is 9.11. The zero-order chi connectivity index (χ0) is 23.1. The van der Waals surface area contributed by atoms with Gasteiger partial charge >= 0.3 is 0 Å². The highest BCUT2D eigenvalue weighted by atomic mass is 35.5. The number of halogens is 2. The number of para-hydroxylation sites is 2. The van der Waals surface area contributed by atoms with Crippen LogP contribution in [0.15, 0.2) is 53.4 Å². The van der Waals surface area contributed by atoms with Crippen molar-refractivity contribution in [3.63, 3.8) is 0 Å². The number of aryl methyl sites for hydroxylation is 1. The lowest BCUT2D eigenvalue weighted by molar-refractivity contribution is 0.0929. The van der Waals surface area contributed by atoms with E-state index >= 15 is 0 Å². The first-order chi connectivity index (χ1) is 16.7. The summed E-state index contributed by atoms with van der Waals surface area (Å²) in [7, 11) is 0. The van der Waals surface area contributed by atoms with E-state index in [9.17, 15) is 0 Å². The summed E-state index contributed by atoms with van der Waals surface area (Å²) in [5.74, 6) is 1.18. The summed E-state index contributed by atoms with van der Waals surface area (Å²) in [5, 5.41) is 3.61. The molecule has 3 aromatic rings. The highest BCUT2D eigenvalue weighted by Gasteiger charge is 2.43. The molecule has 0 spiro atoms. The Morgan fingerprint density at radius 3 is 2.28 bits per heavy atom. The quantitative estimate of drug-likeness (QED) is 0.345. The molecule has 1 N–H and O–H groups in total. The first-order valence-corrected chi connectivity index (χ1v) is 14.4. The minimum Gasteiger partial charge on any atom is -0.325 e. The molecule has 3 aliphatic heterocycles. The number of thioether (sulfide) groups is 1. The molecule has 196 valence electrons. The molecule has 2 bridgehead atoms. The van der Waals surface area contributed by atoms with Gasteiger partial charge < -0.3 is 9.88 Å². The van der Waals surface area contributed by atoms with E-state index in [-0.39, 0.29) is 24.8 Å². The summed E-state index contributed by atoms with van der Waals surface area (Å²) < 4.78 is 2.56. The Morgan fingerprint density at radius 2 is 1.61 bits per heavy atom. The van der Waals surface area contributed by atoms with E-state index in [2.05, 4.69) is 76.5 Å². The predicted octanol–water partition coefficient (Wildman–Crippen LogP) is 6.79. The van der Waals surface area contributed by atoms with Gasteiger partial charge in [0.15, 0.2) is 0 Å². The van der Waals surface area contributed by atoms with Gasteiger partial charge in [-0.15, -0.1) is 36.6 Å². The van der Waals surface area contributed by atoms with Crippen molar-refractivity contribution >= 4 is 47.6 Å². The van der Waals surface area contributed by atoms with E-state index in [0.29, 0.717) is 11.5 Å². The van der Waals surface area contributed by atoms with Gasteiger partial charge in [-0.05, 0) is 113 Å². The third kappa shape index (κ3) is 5.07. The topological polar surface area (TPSA) is 33.1 Å². The van der Waals surface area contributed by atoms with E-state index in [4.69, 9.17) is 4.98 Å². The minimum absolute atomic E-state index is 0. The average molecular weight is 548 g/mol.